The molecule has 1 saturated heterocycles. The Morgan fingerprint density at radius 2 is 1.47 bits per heavy atom. The fourth-order valence-electron chi connectivity index (χ4n) is 4.37. The van der Waals surface area contributed by atoms with Crippen LogP contribution in [0.1, 0.15) is 30.1 Å². The summed E-state index contributed by atoms with van der Waals surface area (Å²) in [5.41, 5.74) is 1.36. The number of fused-ring (bicyclic) bond motifs is 1. The Bertz CT molecular complexity index is 1190. The molecule has 0 bridgehead atoms. The number of imide groups is 1. The van der Waals surface area contributed by atoms with E-state index in [0.717, 1.165) is 4.90 Å². The van der Waals surface area contributed by atoms with Gasteiger partial charge in [0, 0.05) is 18.3 Å². The molecule has 2 N–H and O–H groups in total. The molecule has 1 aliphatic heterocycles. The molecule has 0 unspecified atom stereocenters. The number of halogens is 2. The normalized spacial score (nSPS) is 23.1. The molecule has 1 heterocycles. The van der Waals surface area contributed by atoms with Gasteiger partial charge in [-0.15, -0.1) is 23.2 Å². The summed E-state index contributed by atoms with van der Waals surface area (Å²) in [6, 6.07) is 12.3. The van der Waals surface area contributed by atoms with Gasteiger partial charge in [-0.05, 0) is 55.3 Å². The number of ether oxygens (including phenoxy) is 1. The summed E-state index contributed by atoms with van der Waals surface area (Å²) in [6.07, 6.45) is 0.628. The van der Waals surface area contributed by atoms with Gasteiger partial charge in [0.1, 0.15) is 0 Å². The van der Waals surface area contributed by atoms with Gasteiger partial charge < -0.3 is 15.4 Å². The number of carbonyl (C=O) groups is 5. The van der Waals surface area contributed by atoms with E-state index in [0.29, 0.717) is 24.2 Å². The van der Waals surface area contributed by atoms with Gasteiger partial charge >= 0.3 is 5.97 Å². The summed E-state index contributed by atoms with van der Waals surface area (Å²) in [5, 5.41) is 4.41. The van der Waals surface area contributed by atoms with Crippen molar-refractivity contribution < 1.29 is 28.7 Å². The highest BCUT2D eigenvalue weighted by molar-refractivity contribution is 6.31. The summed E-state index contributed by atoms with van der Waals surface area (Å²) in [7, 11) is 0. The third kappa shape index (κ3) is 5.52. The van der Waals surface area contributed by atoms with Gasteiger partial charge in [0.05, 0.1) is 33.8 Å². The molecule has 2 fully saturated rings. The Morgan fingerprint density at radius 1 is 0.917 bits per heavy atom. The second-order valence-electron chi connectivity index (χ2n) is 8.66. The number of anilines is 3. The monoisotopic (exact) mass is 531 g/mol. The van der Waals surface area contributed by atoms with Gasteiger partial charge in [0.15, 0.2) is 6.61 Å². The number of amides is 4. The standard InChI is InChI=1S/C25H23Cl2N3O6/c1-13(31)28-15-5-7-16(8-6-15)29-22(32)12-36-25(35)14-3-2-4-17(9-14)30-23(33)18-10-20(26)21(27)11-19(18)24(30)34/h2-9,18-21H,10-12H2,1H3,(H,28,31)(H,29,32)/t18-,19+,20-,21-/m0/s1. The van der Waals surface area contributed by atoms with Crippen LogP contribution in [0.2, 0.25) is 0 Å². The minimum Gasteiger partial charge on any atom is -0.452 e. The molecule has 9 nitrogen and oxygen atoms in total. The molecular formula is C25H23Cl2N3O6. The number of hydrogen-bond acceptors (Lipinski definition) is 6. The van der Waals surface area contributed by atoms with Crippen molar-refractivity contribution in [2.45, 2.75) is 30.5 Å². The smallest absolute Gasteiger partial charge is 0.338 e. The first-order valence-electron chi connectivity index (χ1n) is 11.2. The second-order valence-corrected chi connectivity index (χ2v) is 9.78. The topological polar surface area (TPSA) is 122 Å². The van der Waals surface area contributed by atoms with Crippen molar-refractivity contribution in [2.24, 2.45) is 11.8 Å². The van der Waals surface area contributed by atoms with Crippen molar-refractivity contribution in [1.82, 2.24) is 0 Å². The van der Waals surface area contributed by atoms with E-state index in [4.69, 9.17) is 27.9 Å². The molecule has 36 heavy (non-hydrogen) atoms. The van der Waals surface area contributed by atoms with Gasteiger partial charge in [0.2, 0.25) is 17.7 Å². The second kappa shape index (κ2) is 10.7. The molecule has 2 aromatic carbocycles. The van der Waals surface area contributed by atoms with Crippen molar-refractivity contribution in [2.75, 3.05) is 22.1 Å². The first-order valence-corrected chi connectivity index (χ1v) is 12.1. The number of carbonyl (C=O) groups excluding carboxylic acids is 5. The van der Waals surface area contributed by atoms with E-state index in [-0.39, 0.29) is 29.0 Å². The molecule has 1 aliphatic carbocycles. The van der Waals surface area contributed by atoms with Crippen molar-refractivity contribution in [3.05, 3.63) is 54.1 Å². The largest absolute Gasteiger partial charge is 0.452 e. The number of esters is 1. The van der Waals surface area contributed by atoms with E-state index in [2.05, 4.69) is 10.6 Å². The van der Waals surface area contributed by atoms with Crippen molar-refractivity contribution in [3.8, 4) is 0 Å². The molecular weight excluding hydrogens is 509 g/mol. The van der Waals surface area contributed by atoms with Crippen LogP contribution >= 0.6 is 23.2 Å². The zero-order valence-electron chi connectivity index (χ0n) is 19.2. The van der Waals surface area contributed by atoms with Gasteiger partial charge in [-0.3, -0.25) is 24.1 Å². The SMILES string of the molecule is CC(=O)Nc1ccc(NC(=O)COC(=O)c2cccc(N3C(=O)[C@H]4C[C@H](Cl)[C@@H](Cl)C[C@H]4C3=O)c2)cc1. The summed E-state index contributed by atoms with van der Waals surface area (Å²) < 4.78 is 5.10. The van der Waals surface area contributed by atoms with Crippen molar-refractivity contribution in [3.63, 3.8) is 0 Å². The van der Waals surface area contributed by atoms with Crippen molar-refractivity contribution in [1.29, 1.82) is 0 Å². The van der Waals surface area contributed by atoms with Crippen LogP contribution in [0.4, 0.5) is 17.1 Å². The van der Waals surface area contributed by atoms with Crippen LogP contribution in [0.5, 0.6) is 0 Å². The third-order valence-electron chi connectivity index (χ3n) is 6.07. The Morgan fingerprint density at radius 3 is 2.03 bits per heavy atom. The average Bonchev–Trinajstić information content (AvgIpc) is 3.08. The molecule has 2 aromatic rings. The number of hydrogen-bond donors (Lipinski definition) is 2. The zero-order valence-corrected chi connectivity index (χ0v) is 20.7. The summed E-state index contributed by atoms with van der Waals surface area (Å²) in [5.74, 6) is -3.38. The minimum atomic E-state index is -0.786. The van der Waals surface area contributed by atoms with E-state index < -0.39 is 41.1 Å². The lowest BCUT2D eigenvalue weighted by atomic mass is 9.80. The van der Waals surface area contributed by atoms with Crippen LogP contribution in [0.25, 0.3) is 0 Å². The molecule has 0 radical (unpaired) electrons. The lowest BCUT2D eigenvalue weighted by Gasteiger charge is -2.28. The van der Waals surface area contributed by atoms with Gasteiger partial charge in [-0.25, -0.2) is 4.79 Å². The highest BCUT2D eigenvalue weighted by atomic mass is 35.5. The zero-order chi connectivity index (χ0) is 26.0. The molecule has 11 heteroatoms. The first-order chi connectivity index (χ1) is 17.1. The van der Waals surface area contributed by atoms with Gasteiger partial charge in [-0.2, -0.15) is 0 Å². The molecule has 0 spiro atoms. The highest BCUT2D eigenvalue weighted by Crippen LogP contribution is 2.43. The highest BCUT2D eigenvalue weighted by Gasteiger charge is 2.52. The van der Waals surface area contributed by atoms with E-state index >= 15 is 0 Å². The van der Waals surface area contributed by atoms with Crippen LogP contribution in [-0.4, -0.2) is 47.0 Å². The minimum absolute atomic E-state index is 0.0841. The first kappa shape index (κ1) is 25.7. The van der Waals surface area contributed by atoms with E-state index in [9.17, 15) is 24.0 Å². The maximum Gasteiger partial charge on any atom is 0.338 e. The molecule has 4 atom stereocenters. The van der Waals surface area contributed by atoms with Gasteiger partial charge in [-0.1, -0.05) is 6.07 Å². The van der Waals surface area contributed by atoms with Crippen LogP contribution in [0.3, 0.4) is 0 Å². The lowest BCUT2D eigenvalue weighted by Crippen LogP contribution is -2.34. The third-order valence-corrected chi connectivity index (χ3v) is 7.17. The van der Waals surface area contributed by atoms with Crippen LogP contribution in [0.15, 0.2) is 48.5 Å². The number of rotatable bonds is 6. The van der Waals surface area contributed by atoms with Gasteiger partial charge in [0.25, 0.3) is 5.91 Å². The van der Waals surface area contributed by atoms with Crippen LogP contribution in [0, 0.1) is 11.8 Å². The molecule has 188 valence electrons. The predicted octanol–water partition coefficient (Wildman–Crippen LogP) is 3.55. The Labute approximate surface area is 217 Å². The lowest BCUT2D eigenvalue weighted by molar-refractivity contribution is -0.122. The quantitative estimate of drug-likeness (QED) is 0.334. The number of alkyl halides is 2. The molecule has 2 aliphatic rings. The van der Waals surface area contributed by atoms with E-state index in [1.54, 1.807) is 30.3 Å². The number of benzene rings is 2. The van der Waals surface area contributed by atoms with E-state index in [1.165, 1.54) is 25.1 Å². The summed E-state index contributed by atoms with van der Waals surface area (Å²) in [6.45, 7) is 0.842. The van der Waals surface area contributed by atoms with Crippen LogP contribution < -0.4 is 15.5 Å². The van der Waals surface area contributed by atoms with Crippen LogP contribution in [-0.2, 0) is 23.9 Å². The Balaban J connectivity index is 1.37. The van der Waals surface area contributed by atoms with E-state index in [1.807, 2.05) is 0 Å². The molecule has 4 rings (SSSR count). The molecule has 1 saturated carbocycles. The maximum absolute atomic E-state index is 13.0. The summed E-state index contributed by atoms with van der Waals surface area (Å²) >= 11 is 12.4. The summed E-state index contributed by atoms with van der Waals surface area (Å²) in [4.78, 5) is 62.8. The Kier molecular flexibility index (Phi) is 7.61. The fraction of sp³-hybridized carbons (Fsp3) is 0.320. The molecule has 4 amide bonds. The Hall–Kier alpha value is -3.43. The molecule has 0 aromatic heterocycles. The maximum atomic E-state index is 13.0. The average molecular weight is 532 g/mol. The number of nitrogens with one attached hydrogen (secondary N) is 2. The number of nitrogens with zero attached hydrogens (tertiary/aromatic N) is 1. The van der Waals surface area contributed by atoms with Crippen molar-refractivity contribution >= 4 is 69.9 Å². The predicted molar refractivity (Wildman–Crippen MR) is 134 cm³/mol. The fourth-order valence-corrected chi connectivity index (χ4v) is 4.96.